The topological polar surface area (TPSA) is 112 Å². The average molecular weight is 359 g/mol. The van der Waals surface area contributed by atoms with Crippen LogP contribution in [-0.2, 0) is 30.7 Å². The van der Waals surface area contributed by atoms with E-state index < -0.39 is 4.92 Å². The van der Waals surface area contributed by atoms with Gasteiger partial charge >= 0.3 is 5.69 Å². The predicted octanol–water partition coefficient (Wildman–Crippen LogP) is 1.04. The van der Waals surface area contributed by atoms with Crippen LogP contribution in [-0.4, -0.2) is 31.7 Å². The highest BCUT2D eigenvalue weighted by Crippen LogP contribution is 2.17. The maximum absolute atomic E-state index is 12.2. The second-order valence-corrected chi connectivity index (χ2v) is 6.30. The van der Waals surface area contributed by atoms with Crippen molar-refractivity contribution in [1.29, 1.82) is 0 Å². The molecule has 2 heterocycles. The minimum Gasteiger partial charge on any atom is -0.356 e. The van der Waals surface area contributed by atoms with Crippen LogP contribution in [0.15, 0.2) is 29.1 Å². The lowest BCUT2D eigenvalue weighted by molar-refractivity contribution is -0.385. The first-order valence-corrected chi connectivity index (χ1v) is 8.72. The van der Waals surface area contributed by atoms with Gasteiger partial charge in [-0.25, -0.2) is 9.48 Å². The number of nitrogens with one attached hydrogen (secondary N) is 1. The van der Waals surface area contributed by atoms with Gasteiger partial charge < -0.3 is 5.32 Å². The number of hydrogen-bond donors (Lipinski definition) is 1. The lowest BCUT2D eigenvalue weighted by Gasteiger charge is -2.09. The Morgan fingerprint density at radius 1 is 1.31 bits per heavy atom. The maximum Gasteiger partial charge on any atom is 0.345 e. The lowest BCUT2D eigenvalue weighted by atomic mass is 10.1. The second-order valence-electron chi connectivity index (χ2n) is 6.30. The fourth-order valence-corrected chi connectivity index (χ4v) is 3.12. The Balaban J connectivity index is 1.48. The van der Waals surface area contributed by atoms with E-state index in [1.54, 1.807) is 22.8 Å². The molecule has 1 aliphatic rings. The number of nitrogens with zero attached hydrogens (tertiary/aromatic N) is 4. The molecule has 1 aromatic heterocycles. The molecule has 0 bridgehead atoms. The van der Waals surface area contributed by atoms with Gasteiger partial charge in [0.1, 0.15) is 5.82 Å². The van der Waals surface area contributed by atoms with Crippen molar-refractivity contribution >= 4 is 11.6 Å². The molecule has 0 spiro atoms. The van der Waals surface area contributed by atoms with E-state index in [0.29, 0.717) is 25.1 Å². The summed E-state index contributed by atoms with van der Waals surface area (Å²) in [6, 6.07) is 6.20. The highest BCUT2D eigenvalue weighted by atomic mass is 16.6. The number of rotatable bonds is 7. The molecule has 1 aliphatic heterocycles. The molecule has 1 N–H and O–H groups in total. The number of nitro groups is 1. The van der Waals surface area contributed by atoms with E-state index in [-0.39, 0.29) is 23.7 Å². The summed E-state index contributed by atoms with van der Waals surface area (Å²) in [6.45, 7) is 1.54. The smallest absolute Gasteiger partial charge is 0.345 e. The SMILES string of the molecule is O=C(Cc1ccccc1[N+](=O)[O-])NCCCn1nc2n(c1=O)CCCC2. The molecular formula is C17H21N5O4. The van der Waals surface area contributed by atoms with Crippen LogP contribution in [0.25, 0.3) is 0 Å². The van der Waals surface area contributed by atoms with Crippen molar-refractivity contribution in [3.8, 4) is 0 Å². The number of carbonyl (C=O) groups is 1. The van der Waals surface area contributed by atoms with Crippen LogP contribution in [0, 0.1) is 10.1 Å². The zero-order valence-electron chi connectivity index (χ0n) is 14.4. The Morgan fingerprint density at radius 3 is 2.88 bits per heavy atom. The first-order valence-electron chi connectivity index (χ1n) is 8.72. The molecule has 0 fully saturated rings. The highest BCUT2D eigenvalue weighted by molar-refractivity contribution is 5.79. The molecule has 0 atom stereocenters. The van der Waals surface area contributed by atoms with Gasteiger partial charge in [-0.1, -0.05) is 18.2 Å². The van der Waals surface area contributed by atoms with Gasteiger partial charge in [0.25, 0.3) is 5.69 Å². The van der Waals surface area contributed by atoms with Crippen molar-refractivity contribution in [3.05, 3.63) is 56.3 Å². The van der Waals surface area contributed by atoms with Crippen LogP contribution >= 0.6 is 0 Å². The predicted molar refractivity (Wildman–Crippen MR) is 93.9 cm³/mol. The van der Waals surface area contributed by atoms with Crippen LogP contribution in [0.1, 0.15) is 30.7 Å². The van der Waals surface area contributed by atoms with Crippen molar-refractivity contribution < 1.29 is 9.72 Å². The largest absolute Gasteiger partial charge is 0.356 e. The molecule has 9 nitrogen and oxygen atoms in total. The van der Waals surface area contributed by atoms with Gasteiger partial charge in [-0.3, -0.25) is 19.5 Å². The normalized spacial score (nSPS) is 13.2. The van der Waals surface area contributed by atoms with Crippen LogP contribution < -0.4 is 11.0 Å². The Hall–Kier alpha value is -2.97. The summed E-state index contributed by atoms with van der Waals surface area (Å²) >= 11 is 0. The molecule has 1 aromatic carbocycles. The van der Waals surface area contributed by atoms with E-state index in [1.165, 1.54) is 10.7 Å². The Morgan fingerprint density at radius 2 is 2.12 bits per heavy atom. The van der Waals surface area contributed by atoms with Crippen LogP contribution in [0.4, 0.5) is 5.69 Å². The molecular weight excluding hydrogens is 338 g/mol. The highest BCUT2D eigenvalue weighted by Gasteiger charge is 2.17. The third kappa shape index (κ3) is 3.98. The van der Waals surface area contributed by atoms with Gasteiger partial charge in [-0.15, -0.1) is 0 Å². The fraction of sp³-hybridized carbons (Fsp3) is 0.471. The number of aryl methyl sites for hydroxylation is 2. The van der Waals surface area contributed by atoms with Gasteiger partial charge in [0.2, 0.25) is 5.91 Å². The summed E-state index contributed by atoms with van der Waals surface area (Å²) in [6.07, 6.45) is 3.40. The molecule has 0 aliphatic carbocycles. The maximum atomic E-state index is 12.2. The molecule has 0 unspecified atom stereocenters. The van der Waals surface area contributed by atoms with Crippen molar-refractivity contribution in [3.63, 3.8) is 0 Å². The van der Waals surface area contributed by atoms with E-state index in [4.69, 9.17) is 0 Å². The molecule has 0 saturated heterocycles. The van der Waals surface area contributed by atoms with Gasteiger partial charge in [0.15, 0.2) is 0 Å². The van der Waals surface area contributed by atoms with Crippen LogP contribution in [0.3, 0.4) is 0 Å². The molecule has 0 saturated carbocycles. The monoisotopic (exact) mass is 359 g/mol. The minimum atomic E-state index is -0.491. The van der Waals surface area contributed by atoms with Gasteiger partial charge in [0.05, 0.1) is 11.3 Å². The number of amides is 1. The summed E-state index contributed by atoms with van der Waals surface area (Å²) in [5.74, 6) is 0.553. The van der Waals surface area contributed by atoms with Crippen LogP contribution in [0.2, 0.25) is 0 Å². The van der Waals surface area contributed by atoms with Crippen molar-refractivity contribution in [2.75, 3.05) is 6.54 Å². The first-order chi connectivity index (χ1) is 12.6. The van der Waals surface area contributed by atoms with E-state index in [2.05, 4.69) is 10.4 Å². The number of para-hydroxylation sites is 1. The van der Waals surface area contributed by atoms with Crippen molar-refractivity contribution in [1.82, 2.24) is 19.7 Å². The van der Waals surface area contributed by atoms with Crippen molar-refractivity contribution in [2.45, 2.75) is 45.2 Å². The van der Waals surface area contributed by atoms with Crippen molar-refractivity contribution in [2.24, 2.45) is 0 Å². The van der Waals surface area contributed by atoms with E-state index in [9.17, 15) is 19.7 Å². The van der Waals surface area contributed by atoms with E-state index in [0.717, 1.165) is 31.6 Å². The number of benzene rings is 1. The molecule has 2 aromatic rings. The van der Waals surface area contributed by atoms with E-state index >= 15 is 0 Å². The van der Waals surface area contributed by atoms with Gasteiger partial charge in [-0.05, 0) is 19.3 Å². The van der Waals surface area contributed by atoms with E-state index in [1.807, 2.05) is 0 Å². The average Bonchev–Trinajstić information content (AvgIpc) is 2.95. The molecule has 26 heavy (non-hydrogen) atoms. The number of nitro benzene ring substituents is 1. The summed E-state index contributed by atoms with van der Waals surface area (Å²) in [5.41, 5.74) is 0.233. The summed E-state index contributed by atoms with van der Waals surface area (Å²) in [5, 5.41) is 18.1. The Bertz CT molecular complexity index is 870. The minimum absolute atomic E-state index is 0.0458. The zero-order chi connectivity index (χ0) is 18.5. The second kappa shape index (κ2) is 7.94. The third-order valence-electron chi connectivity index (χ3n) is 4.44. The molecule has 3 rings (SSSR count). The fourth-order valence-electron chi connectivity index (χ4n) is 3.12. The molecule has 9 heteroatoms. The lowest BCUT2D eigenvalue weighted by Crippen LogP contribution is -2.30. The Kier molecular flexibility index (Phi) is 5.45. The first kappa shape index (κ1) is 17.8. The molecule has 1 amide bonds. The number of carbonyl (C=O) groups excluding carboxylic acids is 1. The zero-order valence-corrected chi connectivity index (χ0v) is 14.4. The van der Waals surface area contributed by atoms with Gasteiger partial charge in [-0.2, -0.15) is 5.10 Å². The summed E-state index contributed by atoms with van der Waals surface area (Å²) < 4.78 is 3.17. The summed E-state index contributed by atoms with van der Waals surface area (Å²) in [4.78, 5) is 34.7. The van der Waals surface area contributed by atoms with Crippen LogP contribution in [0.5, 0.6) is 0 Å². The molecule has 138 valence electrons. The number of fused-ring (bicyclic) bond motifs is 1. The standard InChI is InChI=1S/C17H21N5O4/c23-16(12-13-6-1-2-7-14(13)22(25)26)18-9-5-11-21-17(24)20-10-4-3-8-15(20)19-21/h1-2,6-7H,3-5,8-12H2,(H,18,23). The number of hydrogen-bond acceptors (Lipinski definition) is 5. The third-order valence-corrected chi connectivity index (χ3v) is 4.44. The quantitative estimate of drug-likeness (QED) is 0.451. The molecule has 0 radical (unpaired) electrons. The summed E-state index contributed by atoms with van der Waals surface area (Å²) in [7, 11) is 0. The van der Waals surface area contributed by atoms with Gasteiger partial charge in [0, 0.05) is 37.7 Å². The Labute approximate surface area is 149 Å². The number of aromatic nitrogens is 3.